The number of anilines is 1. The van der Waals surface area contributed by atoms with Crippen LogP contribution >= 0.6 is 11.6 Å². The van der Waals surface area contributed by atoms with Gasteiger partial charge in [0, 0.05) is 48.9 Å². The molecular formula is C26H28ClFN4O2. The van der Waals surface area contributed by atoms with Crippen molar-refractivity contribution in [3.63, 3.8) is 0 Å². The zero-order chi connectivity index (χ0) is 24.1. The van der Waals surface area contributed by atoms with Crippen LogP contribution in [0.15, 0.2) is 48.5 Å². The Kier molecular flexibility index (Phi) is 7.63. The molecule has 3 aromatic rings. The molecule has 0 spiro atoms. The number of hydrogen-bond acceptors (Lipinski definition) is 5. The summed E-state index contributed by atoms with van der Waals surface area (Å²) in [5.41, 5.74) is 2.75. The largest absolute Gasteiger partial charge is 0.484 e. The van der Waals surface area contributed by atoms with Crippen LogP contribution in [0.3, 0.4) is 0 Å². The normalized spacial score (nSPS) is 14.1. The Bertz CT molecular complexity index is 1160. The number of halogens is 2. The Hall–Kier alpha value is -3.19. The van der Waals surface area contributed by atoms with E-state index in [1.807, 2.05) is 24.8 Å². The first kappa shape index (κ1) is 24.0. The fourth-order valence-electron chi connectivity index (χ4n) is 4.18. The summed E-state index contributed by atoms with van der Waals surface area (Å²) in [5, 5.41) is 0.623. The second kappa shape index (κ2) is 10.8. The third-order valence-corrected chi connectivity index (χ3v) is 6.15. The van der Waals surface area contributed by atoms with Gasteiger partial charge in [0.25, 0.3) is 5.91 Å². The molecule has 0 atom stereocenters. The molecule has 0 radical (unpaired) electrons. The number of carbonyl (C=O) groups is 1. The van der Waals surface area contributed by atoms with Gasteiger partial charge in [-0.3, -0.25) is 4.79 Å². The van der Waals surface area contributed by atoms with Gasteiger partial charge in [-0.2, -0.15) is 0 Å². The maximum atomic E-state index is 13.8. The summed E-state index contributed by atoms with van der Waals surface area (Å²) in [6.45, 7) is 6.48. The predicted molar refractivity (Wildman–Crippen MR) is 131 cm³/mol. The number of benzene rings is 2. The van der Waals surface area contributed by atoms with Crippen LogP contribution in [0.5, 0.6) is 5.75 Å². The number of nitrogens with zero attached hydrogens (tertiary/aromatic N) is 4. The van der Waals surface area contributed by atoms with Gasteiger partial charge in [0.05, 0.1) is 0 Å². The van der Waals surface area contributed by atoms with Crippen molar-refractivity contribution in [2.75, 3.05) is 37.7 Å². The average Bonchev–Trinajstić information content (AvgIpc) is 3.06. The van der Waals surface area contributed by atoms with E-state index < -0.39 is 0 Å². The van der Waals surface area contributed by atoms with Crippen LogP contribution in [0.25, 0.3) is 0 Å². The van der Waals surface area contributed by atoms with Crippen molar-refractivity contribution in [2.45, 2.75) is 26.7 Å². The Morgan fingerprint density at radius 1 is 1.06 bits per heavy atom. The number of amides is 1. The number of aryl methyl sites for hydroxylation is 2. The average molecular weight is 483 g/mol. The standard InChI is InChI=1S/C26H28ClFN4O2/c1-18-24(16-20-5-3-6-22(28)15-20)26(30-19(2)29-18)32-12-4-11-31(13-14-32)25(33)17-34-23-9-7-21(27)8-10-23/h3,5-10,15H,4,11-14,16-17H2,1-2H3. The van der Waals surface area contributed by atoms with E-state index in [4.69, 9.17) is 21.3 Å². The molecule has 1 amide bonds. The van der Waals surface area contributed by atoms with Gasteiger partial charge in [-0.25, -0.2) is 14.4 Å². The molecule has 0 bridgehead atoms. The highest BCUT2D eigenvalue weighted by Crippen LogP contribution is 2.25. The third-order valence-electron chi connectivity index (χ3n) is 5.90. The smallest absolute Gasteiger partial charge is 0.260 e. The Labute approximate surface area is 204 Å². The fourth-order valence-corrected chi connectivity index (χ4v) is 4.31. The quantitative estimate of drug-likeness (QED) is 0.514. The van der Waals surface area contributed by atoms with Gasteiger partial charge in [-0.05, 0) is 62.2 Å². The Morgan fingerprint density at radius 2 is 1.85 bits per heavy atom. The van der Waals surface area contributed by atoms with Crippen molar-refractivity contribution in [1.29, 1.82) is 0 Å². The molecule has 1 aliphatic rings. The van der Waals surface area contributed by atoms with Crippen LogP contribution in [0.4, 0.5) is 10.2 Å². The number of hydrogen-bond donors (Lipinski definition) is 0. The lowest BCUT2D eigenvalue weighted by Crippen LogP contribution is -2.38. The summed E-state index contributed by atoms with van der Waals surface area (Å²) in [4.78, 5) is 26.1. The number of rotatable bonds is 6. The van der Waals surface area contributed by atoms with E-state index in [0.717, 1.165) is 35.6 Å². The van der Waals surface area contributed by atoms with Crippen LogP contribution in [0, 0.1) is 19.7 Å². The van der Waals surface area contributed by atoms with Gasteiger partial charge in [0.2, 0.25) is 0 Å². The lowest BCUT2D eigenvalue weighted by atomic mass is 10.0. The highest BCUT2D eigenvalue weighted by atomic mass is 35.5. The van der Waals surface area contributed by atoms with E-state index in [1.165, 1.54) is 6.07 Å². The van der Waals surface area contributed by atoms with E-state index in [0.29, 0.717) is 42.7 Å². The lowest BCUT2D eigenvalue weighted by molar-refractivity contribution is -0.133. The van der Waals surface area contributed by atoms with Crippen LogP contribution in [0.2, 0.25) is 5.02 Å². The molecule has 178 valence electrons. The molecular weight excluding hydrogens is 455 g/mol. The molecule has 1 aromatic heterocycles. The van der Waals surface area contributed by atoms with Crippen LogP contribution in [0.1, 0.15) is 29.1 Å². The van der Waals surface area contributed by atoms with Gasteiger partial charge >= 0.3 is 0 Å². The molecule has 0 N–H and O–H groups in total. The molecule has 34 heavy (non-hydrogen) atoms. The minimum Gasteiger partial charge on any atom is -0.484 e. The molecule has 0 aliphatic carbocycles. The number of ether oxygens (including phenoxy) is 1. The zero-order valence-corrected chi connectivity index (χ0v) is 20.2. The molecule has 0 saturated carbocycles. The van der Waals surface area contributed by atoms with Crippen molar-refractivity contribution in [1.82, 2.24) is 14.9 Å². The van der Waals surface area contributed by atoms with Crippen LogP contribution in [-0.2, 0) is 11.2 Å². The summed E-state index contributed by atoms with van der Waals surface area (Å²) >= 11 is 5.90. The molecule has 2 aromatic carbocycles. The molecule has 1 fully saturated rings. The molecule has 0 unspecified atom stereocenters. The topological polar surface area (TPSA) is 58.6 Å². The van der Waals surface area contributed by atoms with Gasteiger partial charge in [-0.15, -0.1) is 0 Å². The second-order valence-corrected chi connectivity index (χ2v) is 8.87. The van der Waals surface area contributed by atoms with E-state index in [9.17, 15) is 9.18 Å². The van der Waals surface area contributed by atoms with Gasteiger partial charge in [-0.1, -0.05) is 23.7 Å². The van der Waals surface area contributed by atoms with E-state index >= 15 is 0 Å². The molecule has 4 rings (SSSR count). The van der Waals surface area contributed by atoms with Gasteiger partial charge < -0.3 is 14.5 Å². The molecule has 1 saturated heterocycles. The summed E-state index contributed by atoms with van der Waals surface area (Å²) < 4.78 is 19.4. The summed E-state index contributed by atoms with van der Waals surface area (Å²) in [6, 6.07) is 13.6. The molecule has 1 aliphatic heterocycles. The van der Waals surface area contributed by atoms with Crippen molar-refractivity contribution >= 4 is 23.3 Å². The minimum atomic E-state index is -0.255. The van der Waals surface area contributed by atoms with Gasteiger partial charge in [0.15, 0.2) is 6.61 Å². The van der Waals surface area contributed by atoms with E-state index in [-0.39, 0.29) is 18.3 Å². The first-order valence-corrected chi connectivity index (χ1v) is 11.8. The maximum absolute atomic E-state index is 13.8. The van der Waals surface area contributed by atoms with E-state index in [2.05, 4.69) is 9.88 Å². The van der Waals surface area contributed by atoms with Crippen LogP contribution < -0.4 is 9.64 Å². The maximum Gasteiger partial charge on any atom is 0.260 e. The summed E-state index contributed by atoms with van der Waals surface area (Å²) in [5.74, 6) is 1.87. The van der Waals surface area contributed by atoms with Crippen molar-refractivity contribution in [2.24, 2.45) is 0 Å². The molecule has 6 nitrogen and oxygen atoms in total. The zero-order valence-electron chi connectivity index (χ0n) is 19.4. The van der Waals surface area contributed by atoms with E-state index in [1.54, 1.807) is 36.4 Å². The van der Waals surface area contributed by atoms with Crippen molar-refractivity contribution in [3.8, 4) is 5.75 Å². The highest BCUT2D eigenvalue weighted by Gasteiger charge is 2.23. The SMILES string of the molecule is Cc1nc(C)c(Cc2cccc(F)c2)c(N2CCCN(C(=O)COc3ccc(Cl)cc3)CC2)n1. The third kappa shape index (κ3) is 6.03. The Morgan fingerprint density at radius 3 is 2.62 bits per heavy atom. The minimum absolute atomic E-state index is 0.0157. The second-order valence-electron chi connectivity index (χ2n) is 8.43. The lowest BCUT2D eigenvalue weighted by Gasteiger charge is -2.26. The van der Waals surface area contributed by atoms with Crippen molar-refractivity contribution < 1.29 is 13.9 Å². The summed E-state index contributed by atoms with van der Waals surface area (Å²) in [6.07, 6.45) is 1.36. The van der Waals surface area contributed by atoms with Crippen LogP contribution in [-0.4, -0.2) is 53.6 Å². The monoisotopic (exact) mass is 482 g/mol. The fraction of sp³-hybridized carbons (Fsp3) is 0.346. The Balaban J connectivity index is 1.45. The predicted octanol–water partition coefficient (Wildman–Crippen LogP) is 4.59. The first-order valence-electron chi connectivity index (χ1n) is 11.4. The molecule has 8 heteroatoms. The van der Waals surface area contributed by atoms with Crippen molar-refractivity contribution in [3.05, 3.63) is 82.0 Å². The highest BCUT2D eigenvalue weighted by molar-refractivity contribution is 6.30. The number of aromatic nitrogens is 2. The molecule has 2 heterocycles. The number of carbonyl (C=O) groups excluding carboxylic acids is 1. The first-order chi connectivity index (χ1) is 16.4. The summed E-state index contributed by atoms with van der Waals surface area (Å²) in [7, 11) is 0. The van der Waals surface area contributed by atoms with Gasteiger partial charge in [0.1, 0.15) is 23.2 Å².